The lowest BCUT2D eigenvalue weighted by atomic mass is 9.71. The Balaban J connectivity index is 1.15. The molecule has 0 bridgehead atoms. The van der Waals surface area contributed by atoms with Gasteiger partial charge in [-0.05, 0) is 47.7 Å². The van der Waals surface area contributed by atoms with Gasteiger partial charge in [0.15, 0.2) is 0 Å². The molecule has 1 aliphatic carbocycles. The van der Waals surface area contributed by atoms with Gasteiger partial charge in [-0.15, -0.1) is 0 Å². The van der Waals surface area contributed by atoms with Crippen LogP contribution in [0.5, 0.6) is 0 Å². The van der Waals surface area contributed by atoms with E-state index in [4.69, 9.17) is 23.2 Å². The molecule has 2 saturated heterocycles. The number of nitrogens with one attached hydrogen (secondary N) is 1. The highest BCUT2D eigenvalue weighted by molar-refractivity contribution is 6.42. The van der Waals surface area contributed by atoms with E-state index in [-0.39, 0.29) is 23.8 Å². The zero-order valence-corrected chi connectivity index (χ0v) is 20.4. The van der Waals surface area contributed by atoms with Gasteiger partial charge in [-0.25, -0.2) is 0 Å². The summed E-state index contributed by atoms with van der Waals surface area (Å²) in [6.07, 6.45) is 6.47. The predicted molar refractivity (Wildman–Crippen MR) is 136 cm³/mol. The molecule has 0 radical (unpaired) electrons. The molecular formula is C27H27Cl2N3O2. The first kappa shape index (κ1) is 23.2. The Hall–Kier alpha value is -2.60. The second kappa shape index (κ2) is 9.21. The predicted octanol–water partition coefficient (Wildman–Crippen LogP) is 4.55. The molecule has 0 saturated carbocycles. The molecule has 176 valence electrons. The first-order valence-electron chi connectivity index (χ1n) is 11.6. The Morgan fingerprint density at radius 1 is 1.12 bits per heavy atom. The highest BCUT2D eigenvalue weighted by Crippen LogP contribution is 2.46. The Bertz CT molecular complexity index is 1190. The summed E-state index contributed by atoms with van der Waals surface area (Å²) in [5.41, 5.74) is 4.19. The number of nitrogens with zero attached hydrogens (tertiary/aromatic N) is 2. The third kappa shape index (κ3) is 4.17. The van der Waals surface area contributed by atoms with Gasteiger partial charge in [0.05, 0.1) is 16.6 Å². The number of carbonyl (C=O) groups excluding carboxylic acids is 2. The topological polar surface area (TPSA) is 52.6 Å². The highest BCUT2D eigenvalue weighted by Gasteiger charge is 2.43. The van der Waals surface area contributed by atoms with Crippen LogP contribution in [0.4, 0.5) is 0 Å². The molecule has 5 rings (SSSR count). The van der Waals surface area contributed by atoms with Crippen molar-refractivity contribution in [3.63, 3.8) is 0 Å². The van der Waals surface area contributed by atoms with Crippen molar-refractivity contribution in [3.8, 4) is 0 Å². The van der Waals surface area contributed by atoms with Crippen molar-refractivity contribution in [2.45, 2.75) is 24.3 Å². The van der Waals surface area contributed by atoms with E-state index in [0.717, 1.165) is 25.9 Å². The fourth-order valence-corrected chi connectivity index (χ4v) is 5.74. The Morgan fingerprint density at radius 2 is 1.94 bits per heavy atom. The maximum absolute atomic E-state index is 12.8. The first-order valence-corrected chi connectivity index (χ1v) is 12.3. The van der Waals surface area contributed by atoms with Crippen molar-refractivity contribution in [3.05, 3.63) is 87.4 Å². The number of hydrogen-bond donors (Lipinski definition) is 1. The smallest absolute Gasteiger partial charge is 0.251 e. The summed E-state index contributed by atoms with van der Waals surface area (Å²) in [6.45, 7) is 7.61. The maximum Gasteiger partial charge on any atom is 0.251 e. The number of allylic oxidation sites excluding steroid dienone is 1. The molecule has 3 aliphatic rings. The van der Waals surface area contributed by atoms with Crippen LogP contribution in [-0.4, -0.2) is 60.4 Å². The fourth-order valence-electron chi connectivity index (χ4n) is 5.44. The van der Waals surface area contributed by atoms with Crippen LogP contribution in [-0.2, 0) is 10.2 Å². The molecule has 1 unspecified atom stereocenters. The Kier molecular flexibility index (Phi) is 6.28. The maximum atomic E-state index is 12.8. The molecule has 2 aromatic rings. The first-order chi connectivity index (χ1) is 16.4. The van der Waals surface area contributed by atoms with Crippen molar-refractivity contribution in [1.29, 1.82) is 0 Å². The summed E-state index contributed by atoms with van der Waals surface area (Å²) < 4.78 is 0. The van der Waals surface area contributed by atoms with Crippen LogP contribution in [0.1, 0.15) is 34.3 Å². The molecule has 2 heterocycles. The third-order valence-electron chi connectivity index (χ3n) is 7.42. The number of fused-ring (bicyclic) bond motifs is 2. The average Bonchev–Trinajstić information content (AvgIpc) is 3.48. The lowest BCUT2D eigenvalue weighted by Gasteiger charge is -2.43. The monoisotopic (exact) mass is 495 g/mol. The summed E-state index contributed by atoms with van der Waals surface area (Å²) in [4.78, 5) is 29.4. The number of rotatable bonds is 4. The molecule has 2 fully saturated rings. The lowest BCUT2D eigenvalue weighted by molar-refractivity contribution is -0.129. The number of piperidine rings is 1. The summed E-state index contributed by atoms with van der Waals surface area (Å²) in [5.74, 6) is -0.416. The van der Waals surface area contributed by atoms with Gasteiger partial charge in [-0.3, -0.25) is 14.5 Å². The summed E-state index contributed by atoms with van der Waals surface area (Å²) in [5, 5.41) is 3.39. The summed E-state index contributed by atoms with van der Waals surface area (Å²) >= 11 is 11.9. The van der Waals surface area contributed by atoms with Crippen LogP contribution in [0.15, 0.2) is 60.7 Å². The fraction of sp³-hybridized carbons (Fsp3) is 0.333. The number of halogens is 2. The van der Waals surface area contributed by atoms with Crippen LogP contribution in [0.25, 0.3) is 6.08 Å². The minimum Gasteiger partial charge on any atom is -0.343 e. The van der Waals surface area contributed by atoms with Gasteiger partial charge in [0.1, 0.15) is 0 Å². The molecule has 2 amide bonds. The van der Waals surface area contributed by atoms with E-state index < -0.39 is 0 Å². The minimum atomic E-state index is -0.342. The van der Waals surface area contributed by atoms with Gasteiger partial charge >= 0.3 is 0 Å². The second-order valence-corrected chi connectivity index (χ2v) is 10.1. The summed E-state index contributed by atoms with van der Waals surface area (Å²) in [7, 11) is 0. The quantitative estimate of drug-likeness (QED) is 0.632. The van der Waals surface area contributed by atoms with Crippen LogP contribution in [0, 0.1) is 0 Å². The van der Waals surface area contributed by atoms with Crippen LogP contribution in [0.2, 0.25) is 10.0 Å². The number of benzene rings is 2. The second-order valence-electron chi connectivity index (χ2n) is 9.31. The van der Waals surface area contributed by atoms with Gasteiger partial charge < -0.3 is 10.2 Å². The SMILES string of the molecule is C=C1CN(C2CCN(C(=O)CNC(=O)c3ccc(Cl)c(Cl)c3)C2)CC[C@@]12C=Cc1ccccc12. The zero-order valence-electron chi connectivity index (χ0n) is 18.9. The normalized spacial score (nSPS) is 24.0. The van der Waals surface area contributed by atoms with E-state index in [0.29, 0.717) is 34.7 Å². The molecule has 1 N–H and O–H groups in total. The largest absolute Gasteiger partial charge is 0.343 e. The van der Waals surface area contributed by atoms with Gasteiger partial charge in [0.25, 0.3) is 5.91 Å². The third-order valence-corrected chi connectivity index (χ3v) is 8.16. The number of likely N-dealkylation sites (tertiary alicyclic amines) is 2. The standard InChI is InChI=1S/C27H27Cl2N3O2/c1-18-16-31(13-11-27(18)10-8-19-4-2-3-5-22(19)27)21-9-12-32(17-21)25(33)15-30-26(34)20-6-7-23(28)24(29)14-20/h2-8,10,14,21H,1,9,11-13,15-17H2,(H,30,34)/t21?,27-/m0/s1. The van der Waals surface area contributed by atoms with Gasteiger partial charge in [0, 0.05) is 43.2 Å². The summed E-state index contributed by atoms with van der Waals surface area (Å²) in [6, 6.07) is 13.6. The van der Waals surface area contributed by atoms with E-state index in [9.17, 15) is 9.59 Å². The van der Waals surface area contributed by atoms with Crippen LogP contribution >= 0.6 is 23.2 Å². The molecule has 0 aromatic heterocycles. The molecule has 34 heavy (non-hydrogen) atoms. The van der Waals surface area contributed by atoms with Gasteiger partial charge in [-0.2, -0.15) is 0 Å². The van der Waals surface area contributed by atoms with E-state index >= 15 is 0 Å². The van der Waals surface area contributed by atoms with Crippen LogP contribution in [0.3, 0.4) is 0 Å². The molecular weight excluding hydrogens is 469 g/mol. The average molecular weight is 496 g/mol. The zero-order chi connectivity index (χ0) is 23.9. The Morgan fingerprint density at radius 3 is 2.74 bits per heavy atom. The highest BCUT2D eigenvalue weighted by atomic mass is 35.5. The van der Waals surface area contributed by atoms with Gasteiger partial charge in [-0.1, -0.05) is 66.2 Å². The molecule has 2 atom stereocenters. The lowest BCUT2D eigenvalue weighted by Crippen LogP contribution is -2.48. The molecule has 2 aromatic carbocycles. The van der Waals surface area contributed by atoms with E-state index in [1.54, 1.807) is 12.1 Å². The van der Waals surface area contributed by atoms with Crippen molar-refractivity contribution < 1.29 is 9.59 Å². The van der Waals surface area contributed by atoms with Crippen LogP contribution < -0.4 is 5.32 Å². The molecule has 2 aliphatic heterocycles. The van der Waals surface area contributed by atoms with E-state index in [2.05, 4.69) is 53.2 Å². The molecule has 1 spiro atoms. The number of hydrogen-bond acceptors (Lipinski definition) is 3. The molecule has 7 heteroatoms. The van der Waals surface area contributed by atoms with E-state index in [1.165, 1.54) is 22.8 Å². The number of carbonyl (C=O) groups is 2. The number of amides is 2. The Labute approximate surface area is 210 Å². The van der Waals surface area contributed by atoms with Gasteiger partial charge in [0.2, 0.25) is 5.91 Å². The van der Waals surface area contributed by atoms with Crippen molar-refractivity contribution in [2.75, 3.05) is 32.7 Å². The molecule has 5 nitrogen and oxygen atoms in total. The minimum absolute atomic E-state index is 0.0385. The van der Waals surface area contributed by atoms with Crippen molar-refractivity contribution >= 4 is 41.1 Å². The van der Waals surface area contributed by atoms with E-state index in [1.807, 2.05) is 4.90 Å². The van der Waals surface area contributed by atoms with Crippen molar-refractivity contribution in [1.82, 2.24) is 15.1 Å². The van der Waals surface area contributed by atoms with Crippen molar-refractivity contribution in [2.24, 2.45) is 0 Å².